The molecule has 3 fully saturated rings. The van der Waals surface area contributed by atoms with E-state index >= 15 is 0 Å². The molecule has 4 heterocycles. The summed E-state index contributed by atoms with van der Waals surface area (Å²) in [5.41, 5.74) is 4.29. The molecule has 50 heavy (non-hydrogen) atoms. The van der Waals surface area contributed by atoms with Crippen LogP contribution in [-0.2, 0) is 27.3 Å². The van der Waals surface area contributed by atoms with E-state index in [0.717, 1.165) is 34.5 Å². The summed E-state index contributed by atoms with van der Waals surface area (Å²) in [7, 11) is 1.95. The number of hydrogen-bond donors (Lipinski definition) is 3. The van der Waals surface area contributed by atoms with Gasteiger partial charge in [-0.3, -0.25) is 14.5 Å². The van der Waals surface area contributed by atoms with Crippen LogP contribution in [0.2, 0.25) is 0 Å². The first-order valence-electron chi connectivity index (χ1n) is 17.8. The predicted octanol–water partition coefficient (Wildman–Crippen LogP) is 3.86. The minimum absolute atomic E-state index is 0.0230. The summed E-state index contributed by atoms with van der Waals surface area (Å²) in [6.45, 7) is 8.28. The van der Waals surface area contributed by atoms with Gasteiger partial charge in [-0.1, -0.05) is 30.3 Å². The summed E-state index contributed by atoms with van der Waals surface area (Å²) < 4.78 is 5.23. The van der Waals surface area contributed by atoms with Crippen LogP contribution in [0.15, 0.2) is 36.4 Å². The molecular weight excluding hydrogens is 640 g/mol. The Labute approximate surface area is 293 Å². The third kappa shape index (κ3) is 7.99. The molecular formula is C37H50N6O7. The molecule has 6 rings (SSSR count). The van der Waals surface area contributed by atoms with Gasteiger partial charge in [0.25, 0.3) is 0 Å². The highest BCUT2D eigenvalue weighted by molar-refractivity contribution is 5.92. The van der Waals surface area contributed by atoms with Crippen molar-refractivity contribution in [2.24, 2.45) is 5.92 Å². The molecule has 13 heteroatoms. The van der Waals surface area contributed by atoms with Crippen molar-refractivity contribution in [3.8, 4) is 5.75 Å². The predicted molar refractivity (Wildman–Crippen MR) is 187 cm³/mol. The highest BCUT2D eigenvalue weighted by Crippen LogP contribution is 2.30. The average molecular weight is 691 g/mol. The molecule has 2 aromatic carbocycles. The van der Waals surface area contributed by atoms with Gasteiger partial charge in [0, 0.05) is 76.5 Å². The summed E-state index contributed by atoms with van der Waals surface area (Å²) in [5, 5.41) is 22.7. The van der Waals surface area contributed by atoms with Gasteiger partial charge in [0.1, 0.15) is 5.75 Å². The van der Waals surface area contributed by atoms with Gasteiger partial charge < -0.3 is 39.9 Å². The number of para-hydroxylation sites is 1. The molecule has 2 unspecified atom stereocenters. The number of carbonyl (C=O) groups is 4. The molecule has 0 radical (unpaired) electrons. The number of likely N-dealkylation sites (tertiary alicyclic amines) is 2. The number of phenols is 1. The summed E-state index contributed by atoms with van der Waals surface area (Å²) in [6, 6.07) is 11.6. The molecule has 0 aliphatic carbocycles. The number of amides is 4. The number of nitrogens with one attached hydrogen (secondary N) is 1. The molecule has 270 valence electrons. The Morgan fingerprint density at radius 1 is 0.920 bits per heavy atom. The topological polar surface area (TPSA) is 146 Å². The summed E-state index contributed by atoms with van der Waals surface area (Å²) in [5.74, 6) is -0.465. The highest BCUT2D eigenvalue weighted by Gasteiger charge is 2.38. The average Bonchev–Trinajstić information content (AvgIpc) is 3.09. The Kier molecular flexibility index (Phi) is 10.8. The monoisotopic (exact) mass is 690 g/mol. The molecule has 3 saturated heterocycles. The number of aromatic hydroxyl groups is 1. The van der Waals surface area contributed by atoms with Crippen molar-refractivity contribution in [1.82, 2.24) is 24.5 Å². The minimum atomic E-state index is -1.29. The molecule has 4 amide bonds. The summed E-state index contributed by atoms with van der Waals surface area (Å²) in [4.78, 5) is 62.1. The molecule has 2 atom stereocenters. The van der Waals surface area contributed by atoms with Gasteiger partial charge in [0.05, 0.1) is 5.92 Å². The molecule has 13 nitrogen and oxygen atoms in total. The number of rotatable bonds is 8. The fourth-order valence-electron chi connectivity index (χ4n) is 8.19. The van der Waals surface area contributed by atoms with Crippen molar-refractivity contribution in [1.29, 1.82) is 0 Å². The lowest BCUT2D eigenvalue weighted by molar-refractivity contribution is -0.144. The van der Waals surface area contributed by atoms with E-state index in [4.69, 9.17) is 4.74 Å². The maximum absolute atomic E-state index is 14.2. The minimum Gasteiger partial charge on any atom is -0.507 e. The lowest BCUT2D eigenvalue weighted by Crippen LogP contribution is -2.59. The van der Waals surface area contributed by atoms with E-state index in [1.54, 1.807) is 0 Å². The fraction of sp³-hybridized carbons (Fsp3) is 0.568. The molecule has 0 saturated carbocycles. The zero-order valence-electron chi connectivity index (χ0n) is 29.3. The van der Waals surface area contributed by atoms with Gasteiger partial charge in [-0.25, -0.2) is 9.59 Å². The third-order valence-corrected chi connectivity index (χ3v) is 11.0. The number of anilines is 1. The lowest BCUT2D eigenvalue weighted by atomic mass is 9.90. The number of benzene rings is 2. The normalized spacial score (nSPS) is 21.8. The molecule has 0 aromatic heterocycles. The second kappa shape index (κ2) is 15.3. The van der Waals surface area contributed by atoms with Crippen LogP contribution in [0.1, 0.15) is 54.4 Å². The van der Waals surface area contributed by atoms with Crippen molar-refractivity contribution >= 4 is 29.7 Å². The first-order chi connectivity index (χ1) is 24.0. The summed E-state index contributed by atoms with van der Waals surface area (Å²) in [6.07, 6.45) is 1.34. The number of likely N-dealkylation sites (N-methyl/N-ethyl adjacent to an activating group) is 1. The molecule has 2 aromatic rings. The smallest absolute Gasteiger partial charge is 0.507 e. The maximum atomic E-state index is 14.2. The summed E-state index contributed by atoms with van der Waals surface area (Å²) >= 11 is 0. The number of piperidine rings is 2. The number of phenolic OH excluding ortho intramolecular Hbond substituents is 1. The van der Waals surface area contributed by atoms with E-state index in [2.05, 4.69) is 15.1 Å². The maximum Gasteiger partial charge on any atom is 0.507 e. The zero-order valence-corrected chi connectivity index (χ0v) is 29.3. The van der Waals surface area contributed by atoms with Crippen molar-refractivity contribution in [2.75, 3.05) is 58.2 Å². The SMILES string of the molecule is Cc1cc(CC(CC(=O)N2CCC(N3Cc4ccccc4NC3=O)CC2)C(=O)N2CCC(N3CCN(C)CC3OC(=O)O)CC2)cc(C)c1O. The number of carbonyl (C=O) groups excluding carboxylic acids is 3. The van der Waals surface area contributed by atoms with Crippen LogP contribution in [0.25, 0.3) is 0 Å². The number of carboxylic acid groups (broad SMARTS) is 1. The molecule has 0 spiro atoms. The number of piperazine rings is 1. The van der Waals surface area contributed by atoms with Crippen LogP contribution < -0.4 is 5.32 Å². The number of nitrogens with zero attached hydrogens (tertiary/aromatic N) is 5. The fourth-order valence-corrected chi connectivity index (χ4v) is 8.19. The highest BCUT2D eigenvalue weighted by atomic mass is 16.7. The second-order valence-electron chi connectivity index (χ2n) is 14.4. The van der Waals surface area contributed by atoms with Crippen LogP contribution in [0, 0.1) is 19.8 Å². The van der Waals surface area contributed by atoms with Gasteiger partial charge in [0.2, 0.25) is 11.8 Å². The lowest BCUT2D eigenvalue weighted by Gasteiger charge is -2.45. The van der Waals surface area contributed by atoms with Crippen LogP contribution in [0.4, 0.5) is 15.3 Å². The van der Waals surface area contributed by atoms with Crippen molar-refractivity contribution in [3.05, 3.63) is 58.7 Å². The number of aryl methyl sites for hydroxylation is 2. The Morgan fingerprint density at radius 2 is 1.56 bits per heavy atom. The van der Waals surface area contributed by atoms with Gasteiger partial charge in [-0.2, -0.15) is 0 Å². The number of fused-ring (bicyclic) bond motifs is 1. The number of urea groups is 1. The van der Waals surface area contributed by atoms with Crippen LogP contribution in [0.5, 0.6) is 5.75 Å². The van der Waals surface area contributed by atoms with E-state index in [0.29, 0.717) is 77.9 Å². The van der Waals surface area contributed by atoms with Gasteiger partial charge in [-0.05, 0) is 81.3 Å². The van der Waals surface area contributed by atoms with E-state index < -0.39 is 18.3 Å². The standard InChI is InChI=1S/C37H50N6O7/c1-24-18-26(19-25(2)34(24)45)20-28(35(46)41-14-10-29(11-15-41)42-17-16-39(3)23-33(42)50-37(48)49)21-32(44)40-12-8-30(9-13-40)43-22-27-6-4-5-7-31(27)38-36(43)47/h4-7,18-19,28-30,33,45H,8-17,20-23H2,1-3H3,(H,38,47)(H,48,49). The van der Waals surface area contributed by atoms with Crippen LogP contribution in [-0.4, -0.2) is 130 Å². The molecule has 3 N–H and O–H groups in total. The van der Waals surface area contributed by atoms with E-state index in [1.807, 2.05) is 72.0 Å². The van der Waals surface area contributed by atoms with Crippen molar-refractivity contribution in [2.45, 2.75) is 77.2 Å². The quantitative estimate of drug-likeness (QED) is 0.352. The van der Waals surface area contributed by atoms with Crippen LogP contribution in [0.3, 0.4) is 0 Å². The molecule has 0 bridgehead atoms. The van der Waals surface area contributed by atoms with Gasteiger partial charge in [0.15, 0.2) is 6.23 Å². The first kappa shape index (κ1) is 35.5. The van der Waals surface area contributed by atoms with E-state index in [1.165, 1.54) is 0 Å². The van der Waals surface area contributed by atoms with E-state index in [-0.39, 0.29) is 42.1 Å². The zero-order chi connectivity index (χ0) is 35.5. The van der Waals surface area contributed by atoms with Crippen LogP contribution >= 0.6 is 0 Å². The largest absolute Gasteiger partial charge is 0.507 e. The number of hydrogen-bond acceptors (Lipinski definition) is 8. The van der Waals surface area contributed by atoms with Gasteiger partial charge >= 0.3 is 12.2 Å². The second-order valence-corrected chi connectivity index (χ2v) is 14.4. The number of ether oxygens (including phenoxy) is 1. The van der Waals surface area contributed by atoms with Crippen molar-refractivity contribution < 1.29 is 34.1 Å². The Balaban J connectivity index is 1.10. The molecule has 4 aliphatic rings. The third-order valence-electron chi connectivity index (χ3n) is 11.0. The first-order valence-corrected chi connectivity index (χ1v) is 17.8. The van der Waals surface area contributed by atoms with Gasteiger partial charge in [-0.15, -0.1) is 0 Å². The Bertz CT molecular complexity index is 1560. The Morgan fingerprint density at radius 3 is 2.24 bits per heavy atom. The molecule has 4 aliphatic heterocycles. The Hall–Kier alpha value is -4.36. The van der Waals surface area contributed by atoms with Crippen molar-refractivity contribution in [3.63, 3.8) is 0 Å². The van der Waals surface area contributed by atoms with E-state index in [9.17, 15) is 29.4 Å².